The smallest absolute Gasteiger partial charge is 0.408 e. The summed E-state index contributed by atoms with van der Waals surface area (Å²) in [6, 6.07) is 8.64. The number of carbonyl (C=O) groups is 2. The van der Waals surface area contributed by atoms with Crippen LogP contribution in [-0.4, -0.2) is 22.7 Å². The van der Waals surface area contributed by atoms with Gasteiger partial charge in [-0.25, -0.2) is 9.59 Å². The Hall–Kier alpha value is -1.31. The van der Waals surface area contributed by atoms with Crippen molar-refractivity contribution in [1.82, 2.24) is 5.32 Å². The van der Waals surface area contributed by atoms with E-state index >= 15 is 0 Å². The summed E-state index contributed by atoms with van der Waals surface area (Å²) in [5, 5.41) is 2.53. The summed E-state index contributed by atoms with van der Waals surface area (Å²) < 4.78 is 10.2. The number of amides is 1. The minimum Gasteiger partial charge on any atom is -0.453 e. The summed E-state index contributed by atoms with van der Waals surface area (Å²) in [5.41, 5.74) is 0.888. The van der Waals surface area contributed by atoms with Crippen LogP contribution in [0.4, 0.5) is 4.79 Å². The van der Waals surface area contributed by atoms with E-state index in [4.69, 9.17) is 9.47 Å². The quantitative estimate of drug-likeness (QED) is 0.460. The highest BCUT2D eigenvalue weighted by Gasteiger charge is 2.26. The van der Waals surface area contributed by atoms with Crippen LogP contribution < -0.4 is 5.32 Å². The topological polar surface area (TPSA) is 64.6 Å². The number of hydrogen-bond acceptors (Lipinski definition) is 4. The van der Waals surface area contributed by atoms with Gasteiger partial charge < -0.3 is 14.8 Å². The molecule has 1 amide bonds. The summed E-state index contributed by atoms with van der Waals surface area (Å²) in [5.74, 6) is -0.527. The molecule has 0 aromatic heterocycles. The van der Waals surface area contributed by atoms with E-state index in [1.807, 2.05) is 66.8 Å². The SMILES string of the molecule is CC(C)[C@@H](NC(=O)OCc1ccccc1)C(=O)OCI. The second-order valence-electron chi connectivity index (χ2n) is 4.50. The number of rotatable bonds is 6. The Kier molecular flexibility index (Phi) is 7.35. The van der Waals surface area contributed by atoms with Gasteiger partial charge in [-0.05, 0) is 34.1 Å². The van der Waals surface area contributed by atoms with Crippen LogP contribution in [0.25, 0.3) is 0 Å². The van der Waals surface area contributed by atoms with E-state index in [1.165, 1.54) is 0 Å². The normalized spacial score (nSPS) is 11.8. The maximum absolute atomic E-state index is 11.7. The average Bonchev–Trinajstić information content (AvgIpc) is 2.43. The standard InChI is InChI=1S/C14H18INO4/c1-10(2)12(13(17)20-9-15)16-14(18)19-8-11-6-4-3-5-7-11/h3-7,10,12H,8-9H2,1-2H3,(H,16,18)/t12-/m1/s1. The number of alkyl halides is 1. The first-order valence-electron chi connectivity index (χ1n) is 6.24. The summed E-state index contributed by atoms with van der Waals surface area (Å²) in [6.07, 6.45) is -0.627. The molecule has 1 N–H and O–H groups in total. The van der Waals surface area contributed by atoms with Crippen molar-refractivity contribution in [2.75, 3.05) is 4.61 Å². The molecule has 0 fully saturated rings. The van der Waals surface area contributed by atoms with Gasteiger partial charge >= 0.3 is 12.1 Å². The molecule has 0 aliphatic carbocycles. The molecule has 0 radical (unpaired) electrons. The lowest BCUT2D eigenvalue weighted by Crippen LogP contribution is -2.45. The molecule has 1 aromatic rings. The van der Waals surface area contributed by atoms with Gasteiger partial charge in [-0.15, -0.1) is 0 Å². The average molecular weight is 391 g/mol. The van der Waals surface area contributed by atoms with Crippen molar-refractivity contribution >= 4 is 34.7 Å². The van der Waals surface area contributed by atoms with Crippen LogP contribution in [0.2, 0.25) is 0 Å². The number of esters is 1. The van der Waals surface area contributed by atoms with Gasteiger partial charge in [0.15, 0.2) is 0 Å². The molecule has 0 bridgehead atoms. The molecule has 110 valence electrons. The molecule has 0 unspecified atom stereocenters. The Morgan fingerprint density at radius 1 is 1.20 bits per heavy atom. The zero-order valence-corrected chi connectivity index (χ0v) is 13.6. The van der Waals surface area contributed by atoms with Crippen molar-refractivity contribution in [3.8, 4) is 0 Å². The number of nitrogens with one attached hydrogen (secondary N) is 1. The zero-order valence-electron chi connectivity index (χ0n) is 11.5. The number of benzene rings is 1. The molecule has 0 spiro atoms. The molecule has 1 rings (SSSR count). The van der Waals surface area contributed by atoms with Gasteiger partial charge in [0.25, 0.3) is 0 Å². The fraction of sp³-hybridized carbons (Fsp3) is 0.429. The first-order chi connectivity index (χ1) is 9.54. The fourth-order valence-corrected chi connectivity index (χ4v) is 1.84. The van der Waals surface area contributed by atoms with Crippen molar-refractivity contribution in [1.29, 1.82) is 0 Å². The van der Waals surface area contributed by atoms with Gasteiger partial charge in [-0.3, -0.25) is 0 Å². The van der Waals surface area contributed by atoms with Crippen molar-refractivity contribution in [3.63, 3.8) is 0 Å². The maximum Gasteiger partial charge on any atom is 0.408 e. The van der Waals surface area contributed by atoms with Gasteiger partial charge in [0.1, 0.15) is 17.3 Å². The molecule has 0 aliphatic heterocycles. The molecule has 20 heavy (non-hydrogen) atoms. The predicted octanol–water partition coefficient (Wildman–Crippen LogP) is 2.87. The highest BCUT2D eigenvalue weighted by atomic mass is 127. The van der Waals surface area contributed by atoms with Crippen LogP contribution in [0.5, 0.6) is 0 Å². The van der Waals surface area contributed by atoms with Crippen LogP contribution in [0.15, 0.2) is 30.3 Å². The van der Waals surface area contributed by atoms with Crippen LogP contribution in [-0.2, 0) is 20.9 Å². The second-order valence-corrected chi connectivity index (χ2v) is 5.12. The Bertz CT molecular complexity index is 436. The number of ether oxygens (including phenoxy) is 2. The maximum atomic E-state index is 11.7. The first-order valence-corrected chi connectivity index (χ1v) is 7.77. The lowest BCUT2D eigenvalue weighted by Gasteiger charge is -2.19. The Morgan fingerprint density at radius 2 is 1.85 bits per heavy atom. The monoisotopic (exact) mass is 391 g/mol. The lowest BCUT2D eigenvalue weighted by molar-refractivity contribution is -0.144. The van der Waals surface area contributed by atoms with Gasteiger partial charge in [0, 0.05) is 0 Å². The molecular formula is C14H18INO4. The van der Waals surface area contributed by atoms with Crippen molar-refractivity contribution in [2.24, 2.45) is 5.92 Å². The van der Waals surface area contributed by atoms with Crippen LogP contribution >= 0.6 is 22.6 Å². The highest BCUT2D eigenvalue weighted by molar-refractivity contribution is 14.1. The molecule has 0 saturated carbocycles. The fourth-order valence-electron chi connectivity index (χ4n) is 1.53. The lowest BCUT2D eigenvalue weighted by atomic mass is 10.1. The molecule has 1 atom stereocenters. The van der Waals surface area contributed by atoms with E-state index in [1.54, 1.807) is 0 Å². The van der Waals surface area contributed by atoms with E-state index in [0.29, 0.717) is 0 Å². The molecule has 0 aliphatic rings. The minimum absolute atomic E-state index is 0.0743. The van der Waals surface area contributed by atoms with Gasteiger partial charge in [-0.2, -0.15) is 0 Å². The van der Waals surface area contributed by atoms with Crippen molar-refractivity contribution in [2.45, 2.75) is 26.5 Å². The molecule has 6 heteroatoms. The minimum atomic E-state index is -0.701. The van der Waals surface area contributed by atoms with Gasteiger partial charge in [-0.1, -0.05) is 44.2 Å². The summed E-state index contributed by atoms with van der Waals surface area (Å²) >= 11 is 1.93. The molecule has 1 aromatic carbocycles. The predicted molar refractivity (Wildman–Crippen MR) is 83.4 cm³/mol. The third-order valence-corrected chi connectivity index (χ3v) is 2.91. The largest absolute Gasteiger partial charge is 0.453 e. The molecule has 5 nitrogen and oxygen atoms in total. The molecule has 0 heterocycles. The summed E-state index contributed by atoms with van der Waals surface area (Å²) in [6.45, 7) is 3.83. The second kappa shape index (κ2) is 8.78. The molecule has 0 saturated heterocycles. The number of halogens is 1. The van der Waals surface area contributed by atoms with E-state index in [0.717, 1.165) is 5.56 Å². The van der Waals surface area contributed by atoms with E-state index in [2.05, 4.69) is 5.32 Å². The summed E-state index contributed by atoms with van der Waals surface area (Å²) in [4.78, 5) is 23.4. The van der Waals surface area contributed by atoms with E-state index in [9.17, 15) is 9.59 Å². The summed E-state index contributed by atoms with van der Waals surface area (Å²) in [7, 11) is 0. The number of carbonyl (C=O) groups excluding carboxylic acids is 2. The third-order valence-electron chi connectivity index (χ3n) is 2.60. The van der Waals surface area contributed by atoms with E-state index < -0.39 is 18.1 Å². The van der Waals surface area contributed by atoms with Crippen LogP contribution in [0.1, 0.15) is 19.4 Å². The number of hydrogen-bond donors (Lipinski definition) is 1. The van der Waals surface area contributed by atoms with Crippen molar-refractivity contribution in [3.05, 3.63) is 35.9 Å². The highest BCUT2D eigenvalue weighted by Crippen LogP contribution is 2.06. The van der Waals surface area contributed by atoms with Crippen molar-refractivity contribution < 1.29 is 19.1 Å². The van der Waals surface area contributed by atoms with E-state index in [-0.39, 0.29) is 17.1 Å². The Balaban J connectivity index is 2.48. The number of alkyl carbamates (subject to hydrolysis) is 1. The third kappa shape index (κ3) is 5.77. The Labute approximate surface area is 132 Å². The molecular weight excluding hydrogens is 373 g/mol. The first kappa shape index (κ1) is 16.7. The van der Waals surface area contributed by atoms with Crippen LogP contribution in [0.3, 0.4) is 0 Å². The van der Waals surface area contributed by atoms with Gasteiger partial charge in [0.2, 0.25) is 0 Å². The van der Waals surface area contributed by atoms with Gasteiger partial charge in [0.05, 0.1) is 0 Å². The van der Waals surface area contributed by atoms with Crippen LogP contribution in [0, 0.1) is 5.92 Å². The Morgan fingerprint density at radius 3 is 2.40 bits per heavy atom. The zero-order chi connectivity index (χ0) is 15.0.